The average molecular weight is 209 g/mol. The lowest BCUT2D eigenvalue weighted by molar-refractivity contribution is 0.177. The molecular weight excluding hydrogens is 190 g/mol. The van der Waals surface area contributed by atoms with Gasteiger partial charge in [-0.2, -0.15) is 5.10 Å². The van der Waals surface area contributed by atoms with Crippen LogP contribution in [0.25, 0.3) is 0 Å². The van der Waals surface area contributed by atoms with Crippen LogP contribution in [0.4, 0.5) is 0 Å². The molecule has 1 heterocycles. The Morgan fingerprint density at radius 3 is 3.07 bits per heavy atom. The molecule has 4 nitrogen and oxygen atoms in total. The van der Waals surface area contributed by atoms with Crippen molar-refractivity contribution in [1.29, 1.82) is 0 Å². The topological polar surface area (TPSA) is 50.1 Å². The van der Waals surface area contributed by atoms with Gasteiger partial charge in [0.15, 0.2) is 0 Å². The second kappa shape index (κ2) is 4.77. The van der Waals surface area contributed by atoms with Crippen LogP contribution in [0.3, 0.4) is 0 Å². The number of rotatable bonds is 4. The molecule has 84 valence electrons. The summed E-state index contributed by atoms with van der Waals surface area (Å²) in [5, 5.41) is 17.1. The molecule has 2 unspecified atom stereocenters. The SMILES string of the molecule is Cn1ccc(CNCC2CCC(O)C2)n1. The van der Waals surface area contributed by atoms with E-state index in [-0.39, 0.29) is 6.10 Å². The van der Waals surface area contributed by atoms with Crippen molar-refractivity contribution in [3.05, 3.63) is 18.0 Å². The monoisotopic (exact) mass is 209 g/mol. The van der Waals surface area contributed by atoms with Gasteiger partial charge in [0.2, 0.25) is 0 Å². The van der Waals surface area contributed by atoms with E-state index < -0.39 is 0 Å². The number of hydrogen-bond acceptors (Lipinski definition) is 3. The third-order valence-electron chi connectivity index (χ3n) is 3.02. The molecule has 0 bridgehead atoms. The summed E-state index contributed by atoms with van der Waals surface area (Å²) in [6.45, 7) is 1.82. The number of aliphatic hydroxyl groups excluding tert-OH is 1. The number of aliphatic hydroxyl groups is 1. The van der Waals surface area contributed by atoms with Crippen LogP contribution in [0.2, 0.25) is 0 Å². The third-order valence-corrected chi connectivity index (χ3v) is 3.02. The Bertz CT molecular complexity index is 311. The van der Waals surface area contributed by atoms with Gasteiger partial charge in [0, 0.05) is 19.8 Å². The van der Waals surface area contributed by atoms with Crippen LogP contribution in [0.5, 0.6) is 0 Å². The Morgan fingerprint density at radius 1 is 1.60 bits per heavy atom. The van der Waals surface area contributed by atoms with Crippen molar-refractivity contribution in [3.63, 3.8) is 0 Å². The maximum Gasteiger partial charge on any atom is 0.0762 e. The first-order chi connectivity index (χ1) is 7.24. The molecule has 0 spiro atoms. The Kier molecular flexibility index (Phi) is 3.38. The fourth-order valence-electron chi connectivity index (χ4n) is 2.20. The molecule has 1 aliphatic rings. The minimum Gasteiger partial charge on any atom is -0.393 e. The van der Waals surface area contributed by atoms with E-state index in [1.54, 1.807) is 0 Å². The van der Waals surface area contributed by atoms with Crippen molar-refractivity contribution in [2.75, 3.05) is 6.54 Å². The van der Waals surface area contributed by atoms with Gasteiger partial charge >= 0.3 is 0 Å². The van der Waals surface area contributed by atoms with Gasteiger partial charge in [-0.1, -0.05) is 0 Å². The van der Waals surface area contributed by atoms with Crippen molar-refractivity contribution < 1.29 is 5.11 Å². The highest BCUT2D eigenvalue weighted by Gasteiger charge is 2.21. The Morgan fingerprint density at radius 2 is 2.47 bits per heavy atom. The summed E-state index contributed by atoms with van der Waals surface area (Å²) in [6.07, 6.45) is 4.96. The average Bonchev–Trinajstić information content (AvgIpc) is 2.76. The molecule has 1 aromatic rings. The van der Waals surface area contributed by atoms with Gasteiger partial charge in [-0.05, 0) is 37.8 Å². The van der Waals surface area contributed by atoms with Crippen LogP contribution in [0.1, 0.15) is 25.0 Å². The minimum absolute atomic E-state index is 0.0633. The molecule has 1 aliphatic carbocycles. The van der Waals surface area contributed by atoms with E-state index in [1.165, 1.54) is 0 Å². The van der Waals surface area contributed by atoms with E-state index in [0.717, 1.165) is 38.0 Å². The molecular formula is C11H19N3O. The second-order valence-corrected chi connectivity index (χ2v) is 4.44. The van der Waals surface area contributed by atoms with Gasteiger partial charge in [0.1, 0.15) is 0 Å². The zero-order valence-electron chi connectivity index (χ0n) is 9.19. The molecule has 15 heavy (non-hydrogen) atoms. The van der Waals surface area contributed by atoms with E-state index in [2.05, 4.69) is 10.4 Å². The van der Waals surface area contributed by atoms with Crippen molar-refractivity contribution in [2.24, 2.45) is 13.0 Å². The normalized spacial score (nSPS) is 26.0. The Hall–Kier alpha value is -0.870. The van der Waals surface area contributed by atoms with Gasteiger partial charge < -0.3 is 10.4 Å². The molecule has 0 aliphatic heterocycles. The molecule has 2 atom stereocenters. The van der Waals surface area contributed by atoms with Gasteiger partial charge in [-0.15, -0.1) is 0 Å². The maximum atomic E-state index is 9.38. The van der Waals surface area contributed by atoms with Crippen LogP contribution in [-0.4, -0.2) is 27.5 Å². The Balaban J connectivity index is 1.67. The van der Waals surface area contributed by atoms with E-state index in [4.69, 9.17) is 0 Å². The second-order valence-electron chi connectivity index (χ2n) is 4.44. The standard InChI is InChI=1S/C11H19N3O/c1-14-5-4-10(13-14)8-12-7-9-2-3-11(15)6-9/h4-5,9,11-12,15H,2-3,6-8H2,1H3. The third kappa shape index (κ3) is 3.04. The van der Waals surface area contributed by atoms with Crippen molar-refractivity contribution in [2.45, 2.75) is 31.9 Å². The molecule has 0 radical (unpaired) electrons. The lowest BCUT2D eigenvalue weighted by atomic mass is 10.1. The van der Waals surface area contributed by atoms with Gasteiger partial charge in [-0.3, -0.25) is 4.68 Å². The first-order valence-electron chi connectivity index (χ1n) is 5.61. The number of nitrogens with zero attached hydrogens (tertiary/aromatic N) is 2. The van der Waals surface area contributed by atoms with Gasteiger partial charge in [0.05, 0.1) is 11.8 Å². The minimum atomic E-state index is -0.0633. The van der Waals surface area contributed by atoms with Gasteiger partial charge in [-0.25, -0.2) is 0 Å². The zero-order chi connectivity index (χ0) is 10.7. The highest BCUT2D eigenvalue weighted by atomic mass is 16.3. The molecule has 4 heteroatoms. The highest BCUT2D eigenvalue weighted by Crippen LogP contribution is 2.24. The zero-order valence-corrected chi connectivity index (χ0v) is 9.19. The fourth-order valence-corrected chi connectivity index (χ4v) is 2.20. The molecule has 1 saturated carbocycles. The summed E-state index contributed by atoms with van der Waals surface area (Å²) in [5.74, 6) is 0.642. The number of aromatic nitrogens is 2. The van der Waals surface area contributed by atoms with Crippen LogP contribution >= 0.6 is 0 Å². The van der Waals surface area contributed by atoms with E-state index in [1.807, 2.05) is 24.0 Å². The molecule has 0 saturated heterocycles. The van der Waals surface area contributed by atoms with Crippen LogP contribution in [0.15, 0.2) is 12.3 Å². The fraction of sp³-hybridized carbons (Fsp3) is 0.727. The molecule has 0 aromatic carbocycles. The van der Waals surface area contributed by atoms with E-state index in [9.17, 15) is 5.11 Å². The lowest BCUT2D eigenvalue weighted by Crippen LogP contribution is -2.21. The quantitative estimate of drug-likeness (QED) is 0.766. The van der Waals surface area contributed by atoms with E-state index in [0.29, 0.717) is 5.92 Å². The van der Waals surface area contributed by atoms with Crippen LogP contribution < -0.4 is 5.32 Å². The summed E-state index contributed by atoms with van der Waals surface area (Å²) in [5.41, 5.74) is 1.08. The van der Waals surface area contributed by atoms with Crippen LogP contribution in [-0.2, 0) is 13.6 Å². The maximum absolute atomic E-state index is 9.38. The van der Waals surface area contributed by atoms with Crippen molar-refractivity contribution >= 4 is 0 Å². The lowest BCUT2D eigenvalue weighted by Gasteiger charge is -2.09. The smallest absolute Gasteiger partial charge is 0.0762 e. The largest absolute Gasteiger partial charge is 0.393 e. The van der Waals surface area contributed by atoms with E-state index >= 15 is 0 Å². The molecule has 1 aromatic heterocycles. The number of aryl methyl sites for hydroxylation is 1. The van der Waals surface area contributed by atoms with Crippen molar-refractivity contribution in [1.82, 2.24) is 15.1 Å². The predicted octanol–water partition coefficient (Wildman–Crippen LogP) is 0.671. The summed E-state index contributed by atoms with van der Waals surface area (Å²) < 4.78 is 1.82. The first kappa shape index (κ1) is 10.6. The molecule has 1 fully saturated rings. The molecule has 2 N–H and O–H groups in total. The highest BCUT2D eigenvalue weighted by molar-refractivity contribution is 4.97. The van der Waals surface area contributed by atoms with Crippen LogP contribution in [0, 0.1) is 5.92 Å². The predicted molar refractivity (Wildman–Crippen MR) is 58.3 cm³/mol. The summed E-state index contributed by atoms with van der Waals surface area (Å²) in [6, 6.07) is 2.02. The van der Waals surface area contributed by atoms with Gasteiger partial charge in [0.25, 0.3) is 0 Å². The summed E-state index contributed by atoms with van der Waals surface area (Å²) in [4.78, 5) is 0. The molecule has 2 rings (SSSR count). The summed E-state index contributed by atoms with van der Waals surface area (Å²) in [7, 11) is 1.93. The number of nitrogens with one attached hydrogen (secondary N) is 1. The molecule has 0 amide bonds. The first-order valence-corrected chi connectivity index (χ1v) is 5.61. The van der Waals surface area contributed by atoms with Crippen molar-refractivity contribution in [3.8, 4) is 0 Å². The number of hydrogen-bond donors (Lipinski definition) is 2. The summed E-state index contributed by atoms with van der Waals surface area (Å²) >= 11 is 0. The Labute approximate surface area is 90.3 Å².